The minimum atomic E-state index is -0.261. The number of pyridine rings is 1. The number of hydrogen-bond donors (Lipinski definition) is 1. The van der Waals surface area contributed by atoms with Crippen LogP contribution in [0.15, 0.2) is 44.5 Å². The maximum Gasteiger partial charge on any atom is 0.259 e. The molecule has 0 aliphatic rings. The lowest BCUT2D eigenvalue weighted by molar-refractivity contribution is -0.121. The van der Waals surface area contributed by atoms with Gasteiger partial charge in [-0.3, -0.25) is 9.59 Å². The Hall–Kier alpha value is -2.74. The molecule has 0 aliphatic carbocycles. The second-order valence-electron chi connectivity index (χ2n) is 5.17. The third kappa shape index (κ3) is 3.60. The molecule has 7 nitrogen and oxygen atoms in total. The molecule has 0 saturated heterocycles. The summed E-state index contributed by atoms with van der Waals surface area (Å²) in [5, 5.41) is 10.5. The van der Waals surface area contributed by atoms with Crippen LogP contribution in [-0.4, -0.2) is 27.2 Å². The molecule has 0 atom stereocenters. The van der Waals surface area contributed by atoms with E-state index < -0.39 is 0 Å². The number of carbonyl (C=O) groups excluding carboxylic acids is 1. The zero-order valence-corrected chi connectivity index (χ0v) is 13.9. The highest BCUT2D eigenvalue weighted by Crippen LogP contribution is 2.22. The van der Waals surface area contributed by atoms with Crippen molar-refractivity contribution in [3.8, 4) is 22.8 Å². The molecule has 1 amide bonds. The molecule has 0 spiro atoms. The van der Waals surface area contributed by atoms with Crippen LogP contribution in [0.5, 0.6) is 0 Å². The van der Waals surface area contributed by atoms with E-state index in [1.165, 1.54) is 10.6 Å². The molecule has 0 aliphatic heterocycles. The van der Waals surface area contributed by atoms with Crippen LogP contribution < -0.4 is 10.9 Å². The molecule has 1 N–H and O–H groups in total. The molecule has 0 bridgehead atoms. The van der Waals surface area contributed by atoms with Crippen molar-refractivity contribution < 1.29 is 9.32 Å². The first-order valence-electron chi connectivity index (χ1n) is 7.51. The number of amides is 1. The molecule has 24 heavy (non-hydrogen) atoms. The fourth-order valence-corrected chi connectivity index (χ4v) is 2.74. The van der Waals surface area contributed by atoms with Gasteiger partial charge in [-0.15, -0.1) is 0 Å². The second kappa shape index (κ2) is 7.22. The molecule has 3 aromatic rings. The summed E-state index contributed by atoms with van der Waals surface area (Å²) in [5.41, 5.74) is 1.21. The van der Waals surface area contributed by atoms with E-state index >= 15 is 0 Å². The van der Waals surface area contributed by atoms with Gasteiger partial charge in [0, 0.05) is 29.8 Å². The number of nitrogens with zero attached hydrogens (tertiary/aromatic N) is 3. The minimum absolute atomic E-state index is 0.0435. The van der Waals surface area contributed by atoms with Crippen LogP contribution in [0.25, 0.3) is 22.8 Å². The number of hydrogen-bond acceptors (Lipinski definition) is 6. The van der Waals surface area contributed by atoms with Crippen molar-refractivity contribution in [1.82, 2.24) is 20.0 Å². The molecule has 0 unspecified atom stereocenters. The van der Waals surface area contributed by atoms with E-state index in [0.717, 1.165) is 12.0 Å². The maximum atomic E-state index is 11.9. The van der Waals surface area contributed by atoms with Gasteiger partial charge in [0.2, 0.25) is 11.7 Å². The zero-order valence-electron chi connectivity index (χ0n) is 13.1. The average molecular weight is 344 g/mol. The van der Waals surface area contributed by atoms with Crippen LogP contribution >= 0.6 is 11.3 Å². The van der Waals surface area contributed by atoms with E-state index in [1.54, 1.807) is 23.6 Å². The van der Waals surface area contributed by atoms with Crippen LogP contribution in [0.4, 0.5) is 0 Å². The van der Waals surface area contributed by atoms with Crippen LogP contribution in [0.2, 0.25) is 0 Å². The number of thiophene rings is 1. The number of nitrogens with one attached hydrogen (secondary N) is 1. The predicted molar refractivity (Wildman–Crippen MR) is 90.6 cm³/mol. The highest BCUT2D eigenvalue weighted by molar-refractivity contribution is 7.08. The lowest BCUT2D eigenvalue weighted by Crippen LogP contribution is -2.32. The van der Waals surface area contributed by atoms with Gasteiger partial charge in [-0.05, 0) is 23.9 Å². The van der Waals surface area contributed by atoms with E-state index in [4.69, 9.17) is 4.52 Å². The van der Waals surface area contributed by atoms with Crippen molar-refractivity contribution in [2.45, 2.75) is 19.9 Å². The molecular formula is C16H16N4O3S. The normalized spacial score (nSPS) is 10.7. The van der Waals surface area contributed by atoms with Gasteiger partial charge >= 0.3 is 0 Å². The molecule has 3 rings (SSSR count). The number of rotatable bonds is 6. The largest absolute Gasteiger partial charge is 0.355 e. The molecule has 124 valence electrons. The number of aromatic nitrogens is 3. The lowest BCUT2D eigenvalue weighted by Gasteiger charge is -2.07. The lowest BCUT2D eigenvalue weighted by atomic mass is 10.2. The summed E-state index contributed by atoms with van der Waals surface area (Å²) in [4.78, 5) is 28.1. The summed E-state index contributed by atoms with van der Waals surface area (Å²) in [6.45, 7) is 2.51. The van der Waals surface area contributed by atoms with Gasteiger partial charge in [-0.1, -0.05) is 12.1 Å². The Morgan fingerprint density at radius 1 is 1.33 bits per heavy atom. The van der Waals surface area contributed by atoms with E-state index in [9.17, 15) is 9.59 Å². The smallest absolute Gasteiger partial charge is 0.259 e. The van der Waals surface area contributed by atoms with Gasteiger partial charge in [0.15, 0.2) is 0 Å². The van der Waals surface area contributed by atoms with Crippen molar-refractivity contribution >= 4 is 17.2 Å². The van der Waals surface area contributed by atoms with Crippen LogP contribution in [0.3, 0.4) is 0 Å². The molecule has 3 aromatic heterocycles. The van der Waals surface area contributed by atoms with Gasteiger partial charge in [-0.2, -0.15) is 16.3 Å². The Morgan fingerprint density at radius 3 is 2.96 bits per heavy atom. The first-order valence-corrected chi connectivity index (χ1v) is 8.45. The SMILES string of the molecule is CCCNC(=O)Cn1cc(-c2nc(-c3ccsc3)no2)ccc1=O. The summed E-state index contributed by atoms with van der Waals surface area (Å²) in [7, 11) is 0. The molecule has 0 radical (unpaired) electrons. The Balaban J connectivity index is 1.83. The average Bonchev–Trinajstić information content (AvgIpc) is 3.26. The van der Waals surface area contributed by atoms with Crippen molar-refractivity contribution in [1.29, 1.82) is 0 Å². The molecular weight excluding hydrogens is 328 g/mol. The van der Waals surface area contributed by atoms with Crippen molar-refractivity contribution in [2.75, 3.05) is 6.54 Å². The topological polar surface area (TPSA) is 90.0 Å². The standard InChI is InChI=1S/C16H16N4O3S/c1-2-6-17-13(21)9-20-8-11(3-4-14(20)22)16-18-15(19-23-16)12-5-7-24-10-12/h3-5,7-8,10H,2,6,9H2,1H3,(H,17,21). The molecule has 0 fully saturated rings. The zero-order chi connectivity index (χ0) is 16.9. The van der Waals surface area contributed by atoms with Crippen molar-refractivity contribution in [3.63, 3.8) is 0 Å². The van der Waals surface area contributed by atoms with Gasteiger partial charge in [0.1, 0.15) is 6.54 Å². The summed E-state index contributed by atoms with van der Waals surface area (Å²) < 4.78 is 6.60. The van der Waals surface area contributed by atoms with Gasteiger partial charge in [-0.25, -0.2) is 0 Å². The summed E-state index contributed by atoms with van der Waals surface area (Å²) in [6, 6.07) is 4.89. The Morgan fingerprint density at radius 2 is 2.21 bits per heavy atom. The van der Waals surface area contributed by atoms with Crippen LogP contribution in [0, 0.1) is 0 Å². The summed E-state index contributed by atoms with van der Waals surface area (Å²) in [5.74, 6) is 0.587. The van der Waals surface area contributed by atoms with Gasteiger partial charge in [0.25, 0.3) is 11.4 Å². The summed E-state index contributed by atoms with van der Waals surface area (Å²) >= 11 is 1.55. The first kappa shape index (κ1) is 16.1. The minimum Gasteiger partial charge on any atom is -0.355 e. The molecule has 0 aromatic carbocycles. The summed E-state index contributed by atoms with van der Waals surface area (Å²) in [6.07, 6.45) is 2.40. The monoisotopic (exact) mass is 344 g/mol. The molecule has 8 heteroatoms. The molecule has 0 saturated carbocycles. The van der Waals surface area contributed by atoms with E-state index in [2.05, 4.69) is 15.5 Å². The maximum absolute atomic E-state index is 11.9. The number of carbonyl (C=O) groups is 1. The molecule has 3 heterocycles. The highest BCUT2D eigenvalue weighted by atomic mass is 32.1. The van der Waals surface area contributed by atoms with Crippen LogP contribution in [0.1, 0.15) is 13.3 Å². The third-order valence-corrected chi connectivity index (χ3v) is 4.01. The van der Waals surface area contributed by atoms with E-state index in [0.29, 0.717) is 23.8 Å². The van der Waals surface area contributed by atoms with Crippen LogP contribution in [-0.2, 0) is 11.3 Å². The van der Waals surface area contributed by atoms with Crippen molar-refractivity contribution in [2.24, 2.45) is 0 Å². The predicted octanol–water partition coefficient (Wildman–Crippen LogP) is 2.15. The Bertz CT molecular complexity index is 883. The van der Waals surface area contributed by atoms with Crippen molar-refractivity contribution in [3.05, 3.63) is 45.5 Å². The van der Waals surface area contributed by atoms with Gasteiger partial charge < -0.3 is 14.4 Å². The Kier molecular flexibility index (Phi) is 4.85. The fraction of sp³-hybridized carbons (Fsp3) is 0.250. The van der Waals surface area contributed by atoms with E-state index in [1.807, 2.05) is 23.8 Å². The van der Waals surface area contributed by atoms with Gasteiger partial charge in [0.05, 0.1) is 5.56 Å². The highest BCUT2D eigenvalue weighted by Gasteiger charge is 2.13. The quantitative estimate of drug-likeness (QED) is 0.740. The van der Waals surface area contributed by atoms with E-state index in [-0.39, 0.29) is 18.0 Å². The Labute approximate surface area is 141 Å². The third-order valence-electron chi connectivity index (χ3n) is 3.32. The first-order chi connectivity index (χ1) is 11.7. The fourth-order valence-electron chi connectivity index (χ4n) is 2.11. The second-order valence-corrected chi connectivity index (χ2v) is 5.95.